The van der Waals surface area contributed by atoms with Crippen molar-refractivity contribution < 1.29 is 4.43 Å². The average molecular weight is 221 g/mol. The first-order valence-corrected chi connectivity index (χ1v) is 8.31. The molecule has 0 fully saturated rings. The third-order valence-electron chi connectivity index (χ3n) is 2.21. The van der Waals surface area contributed by atoms with Crippen molar-refractivity contribution in [1.82, 2.24) is 0 Å². The first kappa shape index (κ1) is 12.5. The van der Waals surface area contributed by atoms with Gasteiger partial charge in [-0.1, -0.05) is 45.0 Å². The molecule has 1 rings (SSSR count). The largest absolute Gasteiger partial charge is 0.413 e. The van der Waals surface area contributed by atoms with Gasteiger partial charge in [-0.25, -0.2) is 0 Å². The average Bonchev–Trinajstić information content (AvgIpc) is 2.14. The quantitative estimate of drug-likeness (QED) is 0.709. The van der Waals surface area contributed by atoms with Crippen LogP contribution >= 0.6 is 0 Å². The number of rotatable bonds is 3. The smallest absolute Gasteiger partial charge is 0.171 e. The molecular formula is C13H21OSi. The van der Waals surface area contributed by atoms with Crippen LogP contribution in [0.15, 0.2) is 24.3 Å². The summed E-state index contributed by atoms with van der Waals surface area (Å²) in [5, 5.41) is 0. The molecule has 2 heteroatoms. The van der Waals surface area contributed by atoms with Crippen LogP contribution < -0.4 is 0 Å². The fourth-order valence-electron chi connectivity index (χ4n) is 1.59. The van der Waals surface area contributed by atoms with Gasteiger partial charge in [0.05, 0.1) is 6.10 Å². The summed E-state index contributed by atoms with van der Waals surface area (Å²) in [6.45, 7) is 11.1. The van der Waals surface area contributed by atoms with Crippen LogP contribution in [0.1, 0.15) is 32.4 Å². The van der Waals surface area contributed by atoms with Gasteiger partial charge < -0.3 is 4.43 Å². The molecule has 0 N–H and O–H groups in total. The highest BCUT2D eigenvalue weighted by molar-refractivity contribution is 6.48. The summed E-state index contributed by atoms with van der Waals surface area (Å²) < 4.78 is 6.11. The van der Waals surface area contributed by atoms with E-state index in [4.69, 9.17) is 4.43 Å². The minimum atomic E-state index is -1.02. The van der Waals surface area contributed by atoms with Gasteiger partial charge >= 0.3 is 0 Å². The summed E-state index contributed by atoms with van der Waals surface area (Å²) in [7, 11) is -1.02. The lowest BCUT2D eigenvalue weighted by Crippen LogP contribution is -2.25. The van der Waals surface area contributed by atoms with Gasteiger partial charge in [-0.3, -0.25) is 0 Å². The van der Waals surface area contributed by atoms with E-state index < -0.39 is 9.04 Å². The predicted octanol–water partition coefficient (Wildman–Crippen LogP) is 3.57. The van der Waals surface area contributed by atoms with Crippen LogP contribution in [0.5, 0.6) is 0 Å². The van der Waals surface area contributed by atoms with Crippen molar-refractivity contribution in [2.45, 2.75) is 40.0 Å². The van der Waals surface area contributed by atoms with Crippen molar-refractivity contribution >= 4 is 9.04 Å². The highest BCUT2D eigenvalue weighted by Gasteiger charge is 2.27. The van der Waals surface area contributed by atoms with Crippen LogP contribution in [0.2, 0.25) is 13.1 Å². The number of benzene rings is 1. The van der Waals surface area contributed by atoms with Crippen LogP contribution in [0.4, 0.5) is 0 Å². The second kappa shape index (κ2) is 4.95. The van der Waals surface area contributed by atoms with Crippen molar-refractivity contribution in [2.75, 3.05) is 0 Å². The molecule has 0 saturated carbocycles. The highest BCUT2D eigenvalue weighted by atomic mass is 28.3. The van der Waals surface area contributed by atoms with Crippen molar-refractivity contribution in [2.24, 2.45) is 5.41 Å². The zero-order chi connectivity index (χ0) is 11.5. The maximum atomic E-state index is 6.11. The molecule has 0 aliphatic heterocycles. The zero-order valence-electron chi connectivity index (χ0n) is 10.4. The monoisotopic (exact) mass is 221 g/mol. The lowest BCUT2D eigenvalue weighted by molar-refractivity contribution is 0.0864. The molecule has 0 amide bonds. The Hall–Kier alpha value is -0.603. The minimum Gasteiger partial charge on any atom is -0.413 e. The van der Waals surface area contributed by atoms with Gasteiger partial charge in [-0.15, -0.1) is 0 Å². The third-order valence-corrected chi connectivity index (χ3v) is 3.03. The van der Waals surface area contributed by atoms with Crippen molar-refractivity contribution in [3.63, 3.8) is 0 Å². The van der Waals surface area contributed by atoms with Crippen molar-refractivity contribution in [1.29, 1.82) is 0 Å². The van der Waals surface area contributed by atoms with Gasteiger partial charge in [0.1, 0.15) is 0 Å². The van der Waals surface area contributed by atoms with Crippen LogP contribution in [-0.2, 0) is 4.43 Å². The molecule has 0 bridgehead atoms. The Labute approximate surface area is 95.2 Å². The van der Waals surface area contributed by atoms with Crippen LogP contribution in [0.3, 0.4) is 0 Å². The summed E-state index contributed by atoms with van der Waals surface area (Å²) in [6, 6.07) is 11.4. The standard InChI is InChI=1S/C13H21OSi/c1-13(2,3)12(14-15(4)5)11-9-7-6-8-10-11/h6-9,12,15H,1-5H3. The molecule has 15 heavy (non-hydrogen) atoms. The molecule has 0 aliphatic rings. The van der Waals surface area contributed by atoms with Crippen LogP contribution in [0.25, 0.3) is 0 Å². The van der Waals surface area contributed by atoms with E-state index in [1.165, 1.54) is 5.56 Å². The van der Waals surface area contributed by atoms with Gasteiger partial charge in [0, 0.05) is 0 Å². The van der Waals surface area contributed by atoms with E-state index in [1.54, 1.807) is 0 Å². The Morgan fingerprint density at radius 1 is 1.27 bits per heavy atom. The van der Waals surface area contributed by atoms with E-state index in [2.05, 4.69) is 52.1 Å². The Morgan fingerprint density at radius 3 is 2.33 bits per heavy atom. The molecule has 1 nitrogen and oxygen atoms in total. The number of hydrogen-bond acceptors (Lipinski definition) is 1. The molecule has 0 saturated heterocycles. The van der Waals surface area contributed by atoms with Gasteiger partial charge in [-0.2, -0.15) is 0 Å². The van der Waals surface area contributed by atoms with Gasteiger partial charge in [-0.05, 0) is 30.1 Å². The fraction of sp³-hybridized carbons (Fsp3) is 0.538. The molecule has 1 radical (unpaired) electrons. The van der Waals surface area contributed by atoms with Crippen molar-refractivity contribution in [3.8, 4) is 0 Å². The highest BCUT2D eigenvalue weighted by Crippen LogP contribution is 2.36. The molecular weight excluding hydrogens is 200 g/mol. The second-order valence-electron chi connectivity index (χ2n) is 5.25. The van der Waals surface area contributed by atoms with E-state index >= 15 is 0 Å². The molecule has 1 aromatic carbocycles. The lowest BCUT2D eigenvalue weighted by Gasteiger charge is -2.32. The third kappa shape index (κ3) is 3.80. The molecule has 1 unspecified atom stereocenters. The number of hydrogen-bond donors (Lipinski definition) is 0. The Kier molecular flexibility index (Phi) is 4.11. The second-order valence-corrected chi connectivity index (χ2v) is 7.62. The molecule has 0 aromatic heterocycles. The van der Waals surface area contributed by atoms with Gasteiger partial charge in [0.2, 0.25) is 0 Å². The summed E-state index contributed by atoms with van der Waals surface area (Å²) >= 11 is 0. The Bertz CT molecular complexity index is 287. The first-order chi connectivity index (χ1) is 6.91. The SMILES string of the molecule is C[SiH](C)OC(c1[c]cccc1)C(C)(C)C. The Morgan fingerprint density at radius 2 is 1.93 bits per heavy atom. The first-order valence-electron chi connectivity index (χ1n) is 5.53. The normalized spacial score (nSPS) is 14.3. The van der Waals surface area contributed by atoms with E-state index in [0.717, 1.165) is 0 Å². The molecule has 1 atom stereocenters. The zero-order valence-corrected chi connectivity index (χ0v) is 11.5. The molecule has 1 aromatic rings. The lowest BCUT2D eigenvalue weighted by atomic mass is 9.85. The fourth-order valence-corrected chi connectivity index (χ4v) is 2.69. The Balaban J connectivity index is 2.92. The summed E-state index contributed by atoms with van der Waals surface area (Å²) in [5.74, 6) is 0. The molecule has 83 valence electrons. The maximum Gasteiger partial charge on any atom is 0.171 e. The van der Waals surface area contributed by atoms with Crippen LogP contribution in [0, 0.1) is 11.5 Å². The summed E-state index contributed by atoms with van der Waals surface area (Å²) in [6.07, 6.45) is 0.172. The molecule has 0 aliphatic carbocycles. The topological polar surface area (TPSA) is 9.23 Å². The molecule has 0 spiro atoms. The van der Waals surface area contributed by atoms with E-state index in [1.807, 2.05) is 12.1 Å². The molecule has 0 heterocycles. The summed E-state index contributed by atoms with van der Waals surface area (Å²) in [5.41, 5.74) is 1.31. The van der Waals surface area contributed by atoms with Crippen LogP contribution in [-0.4, -0.2) is 9.04 Å². The summed E-state index contributed by atoms with van der Waals surface area (Å²) in [4.78, 5) is 0. The van der Waals surface area contributed by atoms with Gasteiger partial charge in [0.25, 0.3) is 0 Å². The van der Waals surface area contributed by atoms with E-state index in [0.29, 0.717) is 0 Å². The van der Waals surface area contributed by atoms with E-state index in [-0.39, 0.29) is 11.5 Å². The predicted molar refractivity (Wildman–Crippen MR) is 67.4 cm³/mol. The van der Waals surface area contributed by atoms with Crippen molar-refractivity contribution in [3.05, 3.63) is 35.9 Å². The van der Waals surface area contributed by atoms with E-state index in [9.17, 15) is 0 Å². The minimum absolute atomic E-state index is 0.134. The van der Waals surface area contributed by atoms with Gasteiger partial charge in [0.15, 0.2) is 9.04 Å². The maximum absolute atomic E-state index is 6.11.